The SMILES string of the molecule is CCc1ccccc1Nc1nc(N)nc(CSc2ncnc3ccccc23)n1. The van der Waals surface area contributed by atoms with Gasteiger partial charge in [-0.3, -0.25) is 0 Å². The molecular weight excluding hydrogens is 370 g/mol. The molecular formula is C20H19N7S. The molecule has 0 saturated carbocycles. The van der Waals surface area contributed by atoms with Crippen molar-refractivity contribution in [3.05, 3.63) is 66.2 Å². The first-order valence-corrected chi connectivity index (χ1v) is 9.89. The third-order valence-electron chi connectivity index (χ3n) is 4.19. The van der Waals surface area contributed by atoms with Gasteiger partial charge in [0.15, 0.2) is 0 Å². The number of nitrogens with two attached hydrogens (primary N) is 1. The number of para-hydroxylation sites is 2. The van der Waals surface area contributed by atoms with E-state index in [1.165, 1.54) is 5.56 Å². The number of hydrogen-bond donors (Lipinski definition) is 2. The molecule has 0 amide bonds. The minimum absolute atomic E-state index is 0.189. The van der Waals surface area contributed by atoms with Gasteiger partial charge in [0, 0.05) is 11.1 Å². The topological polar surface area (TPSA) is 102 Å². The van der Waals surface area contributed by atoms with Gasteiger partial charge in [-0.2, -0.15) is 15.0 Å². The Morgan fingerprint density at radius 1 is 0.964 bits per heavy atom. The van der Waals surface area contributed by atoms with Gasteiger partial charge in [0.05, 0.1) is 11.3 Å². The molecule has 2 heterocycles. The maximum Gasteiger partial charge on any atom is 0.232 e. The van der Waals surface area contributed by atoms with Crippen LogP contribution in [0.25, 0.3) is 10.9 Å². The van der Waals surface area contributed by atoms with Crippen molar-refractivity contribution in [3.8, 4) is 0 Å². The van der Waals surface area contributed by atoms with Crippen LogP contribution in [0.3, 0.4) is 0 Å². The van der Waals surface area contributed by atoms with Crippen molar-refractivity contribution >= 4 is 40.2 Å². The summed E-state index contributed by atoms with van der Waals surface area (Å²) in [5.74, 6) is 1.75. The number of anilines is 3. The molecule has 3 N–H and O–H groups in total. The summed E-state index contributed by atoms with van der Waals surface area (Å²) < 4.78 is 0. The normalized spacial score (nSPS) is 10.9. The Labute approximate surface area is 166 Å². The predicted molar refractivity (Wildman–Crippen MR) is 112 cm³/mol. The largest absolute Gasteiger partial charge is 0.368 e. The Kier molecular flexibility index (Phi) is 5.29. The summed E-state index contributed by atoms with van der Waals surface area (Å²) in [5.41, 5.74) is 8.97. The molecule has 2 aromatic heterocycles. The number of aromatic nitrogens is 5. The summed E-state index contributed by atoms with van der Waals surface area (Å²) in [5, 5.41) is 5.15. The molecule has 4 aromatic rings. The number of hydrogen-bond acceptors (Lipinski definition) is 8. The molecule has 0 spiro atoms. The zero-order chi connectivity index (χ0) is 19.3. The number of nitrogens with zero attached hydrogens (tertiary/aromatic N) is 5. The summed E-state index contributed by atoms with van der Waals surface area (Å²) in [4.78, 5) is 21.7. The van der Waals surface area contributed by atoms with Crippen LogP contribution in [0.2, 0.25) is 0 Å². The number of aryl methyl sites for hydroxylation is 1. The van der Waals surface area contributed by atoms with Gasteiger partial charge in [0.2, 0.25) is 11.9 Å². The number of thioether (sulfide) groups is 1. The minimum atomic E-state index is 0.189. The van der Waals surface area contributed by atoms with Gasteiger partial charge >= 0.3 is 0 Å². The monoisotopic (exact) mass is 389 g/mol. The van der Waals surface area contributed by atoms with Crippen LogP contribution in [0.4, 0.5) is 17.6 Å². The molecule has 28 heavy (non-hydrogen) atoms. The summed E-state index contributed by atoms with van der Waals surface area (Å²) in [7, 11) is 0. The second kappa shape index (κ2) is 8.18. The van der Waals surface area contributed by atoms with E-state index in [0.717, 1.165) is 28.0 Å². The van der Waals surface area contributed by atoms with Crippen LogP contribution in [0.1, 0.15) is 18.3 Å². The Balaban J connectivity index is 1.55. The number of rotatable bonds is 6. The van der Waals surface area contributed by atoms with Crippen molar-refractivity contribution in [2.75, 3.05) is 11.1 Å². The highest BCUT2D eigenvalue weighted by molar-refractivity contribution is 7.98. The highest BCUT2D eigenvalue weighted by Gasteiger charge is 2.10. The van der Waals surface area contributed by atoms with E-state index >= 15 is 0 Å². The lowest BCUT2D eigenvalue weighted by atomic mass is 10.1. The molecule has 0 atom stereocenters. The van der Waals surface area contributed by atoms with Crippen molar-refractivity contribution in [1.82, 2.24) is 24.9 Å². The first-order valence-electron chi connectivity index (χ1n) is 8.91. The zero-order valence-electron chi connectivity index (χ0n) is 15.3. The van der Waals surface area contributed by atoms with Gasteiger partial charge in [-0.15, -0.1) is 0 Å². The third kappa shape index (κ3) is 4.01. The Hall–Kier alpha value is -3.26. The van der Waals surface area contributed by atoms with E-state index in [2.05, 4.69) is 43.2 Å². The number of nitrogen functional groups attached to an aromatic ring is 1. The fraction of sp³-hybridized carbons (Fsp3) is 0.150. The molecule has 0 unspecified atom stereocenters. The Morgan fingerprint density at radius 2 is 1.79 bits per heavy atom. The number of benzene rings is 2. The van der Waals surface area contributed by atoms with E-state index in [1.54, 1.807) is 18.1 Å². The van der Waals surface area contributed by atoms with Crippen LogP contribution < -0.4 is 11.1 Å². The molecule has 0 fully saturated rings. The third-order valence-corrected chi connectivity index (χ3v) is 5.19. The predicted octanol–water partition coefficient (Wildman–Crippen LogP) is 4.00. The van der Waals surface area contributed by atoms with Crippen LogP contribution in [-0.2, 0) is 12.2 Å². The van der Waals surface area contributed by atoms with E-state index in [4.69, 9.17) is 5.73 Å². The number of fused-ring (bicyclic) bond motifs is 1. The molecule has 4 rings (SSSR count). The van der Waals surface area contributed by atoms with Crippen molar-refractivity contribution in [3.63, 3.8) is 0 Å². The summed E-state index contributed by atoms with van der Waals surface area (Å²) >= 11 is 1.55. The van der Waals surface area contributed by atoms with Crippen LogP contribution in [0.5, 0.6) is 0 Å². The molecule has 0 saturated heterocycles. The van der Waals surface area contributed by atoms with E-state index in [9.17, 15) is 0 Å². The van der Waals surface area contributed by atoms with Gasteiger partial charge in [-0.25, -0.2) is 9.97 Å². The Morgan fingerprint density at radius 3 is 2.68 bits per heavy atom. The molecule has 0 bridgehead atoms. The van der Waals surface area contributed by atoms with E-state index in [0.29, 0.717) is 17.5 Å². The van der Waals surface area contributed by atoms with Crippen molar-refractivity contribution in [2.24, 2.45) is 0 Å². The van der Waals surface area contributed by atoms with E-state index in [1.807, 2.05) is 42.5 Å². The highest BCUT2D eigenvalue weighted by Crippen LogP contribution is 2.27. The summed E-state index contributed by atoms with van der Waals surface area (Å²) in [6.45, 7) is 2.11. The average molecular weight is 389 g/mol. The first-order chi connectivity index (χ1) is 13.7. The Bertz CT molecular complexity index is 1110. The second-order valence-electron chi connectivity index (χ2n) is 6.05. The second-order valence-corrected chi connectivity index (χ2v) is 7.02. The summed E-state index contributed by atoms with van der Waals surface area (Å²) in [6.07, 6.45) is 2.48. The quantitative estimate of drug-likeness (QED) is 0.377. The van der Waals surface area contributed by atoms with E-state index < -0.39 is 0 Å². The molecule has 0 aliphatic heterocycles. The van der Waals surface area contributed by atoms with Crippen molar-refractivity contribution < 1.29 is 0 Å². The van der Waals surface area contributed by atoms with Crippen LogP contribution >= 0.6 is 11.8 Å². The maximum absolute atomic E-state index is 5.91. The first kappa shape index (κ1) is 18.1. The van der Waals surface area contributed by atoms with Gasteiger partial charge < -0.3 is 11.1 Å². The lowest BCUT2D eigenvalue weighted by Crippen LogP contribution is -2.07. The standard InChI is InChI=1S/C20H19N7S/c1-2-13-7-3-5-9-15(13)24-20-26-17(25-19(21)27-20)11-28-18-14-8-4-6-10-16(14)22-12-23-18/h3-10,12H,2,11H2,1H3,(H3,21,24,25,26,27). The average Bonchev–Trinajstić information content (AvgIpc) is 2.72. The van der Waals surface area contributed by atoms with Gasteiger partial charge in [0.1, 0.15) is 17.2 Å². The lowest BCUT2D eigenvalue weighted by Gasteiger charge is -2.10. The van der Waals surface area contributed by atoms with Crippen LogP contribution in [-0.4, -0.2) is 24.9 Å². The molecule has 0 aliphatic rings. The van der Waals surface area contributed by atoms with Gasteiger partial charge in [0.25, 0.3) is 0 Å². The molecule has 0 aliphatic carbocycles. The molecule has 7 nitrogen and oxygen atoms in total. The molecule has 2 aromatic carbocycles. The molecule has 0 radical (unpaired) electrons. The van der Waals surface area contributed by atoms with Gasteiger partial charge in [-0.05, 0) is 24.1 Å². The van der Waals surface area contributed by atoms with E-state index in [-0.39, 0.29) is 5.95 Å². The lowest BCUT2D eigenvalue weighted by molar-refractivity contribution is 0.978. The smallest absolute Gasteiger partial charge is 0.232 e. The van der Waals surface area contributed by atoms with Crippen LogP contribution in [0, 0.1) is 0 Å². The minimum Gasteiger partial charge on any atom is -0.368 e. The fourth-order valence-electron chi connectivity index (χ4n) is 2.86. The zero-order valence-corrected chi connectivity index (χ0v) is 16.1. The van der Waals surface area contributed by atoms with Crippen molar-refractivity contribution in [1.29, 1.82) is 0 Å². The highest BCUT2D eigenvalue weighted by atomic mass is 32.2. The fourth-order valence-corrected chi connectivity index (χ4v) is 3.70. The van der Waals surface area contributed by atoms with Gasteiger partial charge in [-0.1, -0.05) is 55.1 Å². The molecule has 140 valence electrons. The van der Waals surface area contributed by atoms with Crippen LogP contribution in [0.15, 0.2) is 59.9 Å². The summed E-state index contributed by atoms with van der Waals surface area (Å²) in [6, 6.07) is 16.0. The number of nitrogens with one attached hydrogen (secondary N) is 1. The maximum atomic E-state index is 5.91. The van der Waals surface area contributed by atoms with Crippen molar-refractivity contribution in [2.45, 2.75) is 24.1 Å². The molecule has 8 heteroatoms.